The largest absolute Gasteiger partial charge is 0.507 e. The van der Waals surface area contributed by atoms with Gasteiger partial charge in [0.15, 0.2) is 5.54 Å². The summed E-state index contributed by atoms with van der Waals surface area (Å²) in [6.45, 7) is 8.08. The normalized spacial score (nSPS) is 22.7. The Balaban J connectivity index is 1.67. The van der Waals surface area contributed by atoms with E-state index in [2.05, 4.69) is 4.90 Å². The second kappa shape index (κ2) is 11.2. The molecular weight excluding hydrogens is 498 g/mol. The van der Waals surface area contributed by atoms with Gasteiger partial charge in [0.2, 0.25) is 0 Å². The molecule has 39 heavy (non-hydrogen) atoms. The fraction of sp³-hybridized carbons (Fsp3) is 0.433. The van der Waals surface area contributed by atoms with Crippen LogP contribution in [-0.4, -0.2) is 85.0 Å². The van der Waals surface area contributed by atoms with Crippen molar-refractivity contribution in [3.63, 3.8) is 0 Å². The Labute approximate surface area is 228 Å². The van der Waals surface area contributed by atoms with Crippen molar-refractivity contribution in [1.29, 1.82) is 0 Å². The standard InChI is InChI=1S/C30H35N3O6/c1-3-5-14-32-24-9-7-6-8-23(24)30(29(32)37)25(26(34)21-10-12-22(13-11-21)39-4-2)27(35)28(36)33(30)16-15-31-17-19-38-20-18-31/h6-13,34H,3-5,14-20H2,1-2H3/b26-25-. The zero-order valence-electron chi connectivity index (χ0n) is 22.5. The van der Waals surface area contributed by atoms with E-state index in [0.29, 0.717) is 68.6 Å². The zero-order chi connectivity index (χ0) is 27.6. The van der Waals surface area contributed by atoms with Crippen molar-refractivity contribution in [3.05, 3.63) is 65.2 Å². The van der Waals surface area contributed by atoms with Crippen LogP contribution in [-0.2, 0) is 24.7 Å². The van der Waals surface area contributed by atoms with Crippen molar-refractivity contribution >= 4 is 29.0 Å². The highest BCUT2D eigenvalue weighted by atomic mass is 16.5. The molecule has 2 amide bonds. The van der Waals surface area contributed by atoms with Gasteiger partial charge in [-0.25, -0.2) is 0 Å². The quantitative estimate of drug-likeness (QED) is 0.300. The summed E-state index contributed by atoms with van der Waals surface area (Å²) in [4.78, 5) is 47.2. The van der Waals surface area contributed by atoms with Crippen molar-refractivity contribution in [2.45, 2.75) is 32.2 Å². The molecule has 0 saturated carbocycles. The van der Waals surface area contributed by atoms with Gasteiger partial charge in [0.25, 0.3) is 17.6 Å². The maximum absolute atomic E-state index is 14.5. The summed E-state index contributed by atoms with van der Waals surface area (Å²) in [5.74, 6) is -1.78. The first-order valence-corrected chi connectivity index (χ1v) is 13.7. The van der Waals surface area contributed by atoms with Crippen LogP contribution in [0.15, 0.2) is 54.1 Å². The average molecular weight is 534 g/mol. The maximum atomic E-state index is 14.5. The summed E-state index contributed by atoms with van der Waals surface area (Å²) in [6.07, 6.45) is 1.63. The molecule has 1 spiro atoms. The number of aliphatic hydroxyl groups is 1. The molecule has 0 bridgehead atoms. The topological polar surface area (TPSA) is 99.6 Å². The van der Waals surface area contributed by atoms with Crippen LogP contribution < -0.4 is 9.64 Å². The van der Waals surface area contributed by atoms with Gasteiger partial charge in [0, 0.05) is 43.9 Å². The number of para-hydroxylation sites is 1. The fourth-order valence-corrected chi connectivity index (χ4v) is 5.79. The molecule has 0 aromatic heterocycles. The number of nitrogens with zero attached hydrogens (tertiary/aromatic N) is 3. The van der Waals surface area contributed by atoms with Crippen LogP contribution in [0.4, 0.5) is 5.69 Å². The lowest BCUT2D eigenvalue weighted by atomic mass is 9.82. The number of fused-ring (bicyclic) bond motifs is 2. The minimum absolute atomic E-state index is 0.159. The number of amides is 2. The maximum Gasteiger partial charge on any atom is 0.296 e. The lowest BCUT2D eigenvalue weighted by molar-refractivity contribution is -0.144. The van der Waals surface area contributed by atoms with Crippen molar-refractivity contribution in [2.24, 2.45) is 0 Å². The number of hydrogen-bond acceptors (Lipinski definition) is 7. The van der Waals surface area contributed by atoms with Gasteiger partial charge in [0.1, 0.15) is 11.5 Å². The molecule has 0 aliphatic carbocycles. The number of likely N-dealkylation sites (tertiary alicyclic amines) is 1. The molecule has 5 rings (SSSR count). The van der Waals surface area contributed by atoms with E-state index >= 15 is 0 Å². The van der Waals surface area contributed by atoms with Crippen LogP contribution in [0.1, 0.15) is 37.8 Å². The van der Waals surface area contributed by atoms with E-state index in [9.17, 15) is 19.5 Å². The van der Waals surface area contributed by atoms with Gasteiger partial charge in [0.05, 0.1) is 31.1 Å². The molecule has 3 aliphatic heterocycles. The van der Waals surface area contributed by atoms with Crippen LogP contribution in [0, 0.1) is 0 Å². The highest BCUT2D eigenvalue weighted by Gasteiger charge is 2.67. The van der Waals surface area contributed by atoms with Gasteiger partial charge in [-0.2, -0.15) is 0 Å². The Morgan fingerprint density at radius 1 is 0.974 bits per heavy atom. The monoisotopic (exact) mass is 533 g/mol. The minimum atomic E-state index is -1.74. The molecule has 2 aromatic rings. The van der Waals surface area contributed by atoms with Crippen LogP contribution in [0.5, 0.6) is 5.75 Å². The van der Waals surface area contributed by atoms with Crippen LogP contribution >= 0.6 is 0 Å². The Morgan fingerprint density at radius 3 is 2.38 bits per heavy atom. The third-order valence-corrected chi connectivity index (χ3v) is 7.73. The minimum Gasteiger partial charge on any atom is -0.507 e. The molecule has 1 unspecified atom stereocenters. The third-order valence-electron chi connectivity index (χ3n) is 7.73. The highest BCUT2D eigenvalue weighted by Crippen LogP contribution is 2.53. The third kappa shape index (κ3) is 4.49. The van der Waals surface area contributed by atoms with E-state index in [4.69, 9.17) is 9.47 Å². The lowest BCUT2D eigenvalue weighted by Gasteiger charge is -2.36. The molecular formula is C30H35N3O6. The molecule has 9 nitrogen and oxygen atoms in total. The number of carbonyl (C=O) groups excluding carboxylic acids is 3. The SMILES string of the molecule is CCCCN1C(=O)C2(/C(=C(\O)c3ccc(OCC)cc3)C(=O)C(=O)N2CCN2CCOCC2)c2ccccc21. The zero-order valence-corrected chi connectivity index (χ0v) is 22.5. The molecule has 3 heterocycles. The number of hydrogen-bond donors (Lipinski definition) is 1. The molecule has 9 heteroatoms. The number of rotatable bonds is 9. The van der Waals surface area contributed by atoms with Crippen LogP contribution in [0.2, 0.25) is 0 Å². The number of Topliss-reactive ketones (excluding diaryl/α,β-unsaturated/α-hetero) is 1. The number of ketones is 1. The number of morpholine rings is 1. The second-order valence-corrected chi connectivity index (χ2v) is 9.96. The van der Waals surface area contributed by atoms with E-state index in [1.165, 1.54) is 4.90 Å². The first-order chi connectivity index (χ1) is 18.9. The Bertz CT molecular complexity index is 1280. The van der Waals surface area contributed by atoms with Crippen LogP contribution in [0.3, 0.4) is 0 Å². The first-order valence-electron chi connectivity index (χ1n) is 13.7. The Morgan fingerprint density at radius 2 is 1.69 bits per heavy atom. The lowest BCUT2D eigenvalue weighted by Crippen LogP contribution is -2.54. The first kappa shape index (κ1) is 26.9. The van der Waals surface area contributed by atoms with E-state index in [-0.39, 0.29) is 23.8 Å². The van der Waals surface area contributed by atoms with E-state index < -0.39 is 17.2 Å². The van der Waals surface area contributed by atoms with Gasteiger partial charge in [-0.15, -0.1) is 0 Å². The average Bonchev–Trinajstić information content (AvgIpc) is 3.34. The van der Waals surface area contributed by atoms with Crippen molar-refractivity contribution in [1.82, 2.24) is 9.80 Å². The number of anilines is 1. The summed E-state index contributed by atoms with van der Waals surface area (Å²) in [7, 11) is 0. The molecule has 1 atom stereocenters. The summed E-state index contributed by atoms with van der Waals surface area (Å²) in [6, 6.07) is 13.9. The number of carbonyl (C=O) groups is 3. The predicted molar refractivity (Wildman–Crippen MR) is 147 cm³/mol. The van der Waals surface area contributed by atoms with Gasteiger partial charge in [-0.05, 0) is 43.7 Å². The Kier molecular flexibility index (Phi) is 7.72. The van der Waals surface area contributed by atoms with Gasteiger partial charge in [-0.1, -0.05) is 31.5 Å². The summed E-state index contributed by atoms with van der Waals surface area (Å²) >= 11 is 0. The summed E-state index contributed by atoms with van der Waals surface area (Å²) in [5.41, 5.74) is -0.393. The van der Waals surface area contributed by atoms with E-state index in [1.54, 1.807) is 41.3 Å². The number of aliphatic hydroxyl groups excluding tert-OH is 1. The Hall–Kier alpha value is -3.69. The molecule has 2 saturated heterocycles. The van der Waals surface area contributed by atoms with Gasteiger partial charge in [-0.3, -0.25) is 19.3 Å². The molecule has 206 valence electrons. The van der Waals surface area contributed by atoms with Crippen molar-refractivity contribution in [3.8, 4) is 5.75 Å². The van der Waals surface area contributed by atoms with E-state index in [0.717, 1.165) is 12.8 Å². The van der Waals surface area contributed by atoms with Crippen molar-refractivity contribution in [2.75, 3.05) is 57.4 Å². The molecule has 1 N–H and O–H groups in total. The fourth-order valence-electron chi connectivity index (χ4n) is 5.79. The number of ether oxygens (including phenoxy) is 2. The predicted octanol–water partition coefficient (Wildman–Crippen LogP) is 3.14. The molecule has 0 radical (unpaired) electrons. The smallest absolute Gasteiger partial charge is 0.296 e. The number of benzene rings is 2. The summed E-state index contributed by atoms with van der Waals surface area (Å²) < 4.78 is 11.0. The molecule has 3 aliphatic rings. The second-order valence-electron chi connectivity index (χ2n) is 9.96. The summed E-state index contributed by atoms with van der Waals surface area (Å²) in [5, 5.41) is 11.6. The van der Waals surface area contributed by atoms with Crippen LogP contribution in [0.25, 0.3) is 5.76 Å². The number of unbranched alkanes of at least 4 members (excludes halogenated alkanes) is 1. The molecule has 2 fully saturated rings. The van der Waals surface area contributed by atoms with Crippen molar-refractivity contribution < 1.29 is 29.0 Å². The van der Waals surface area contributed by atoms with E-state index in [1.807, 2.05) is 26.0 Å². The van der Waals surface area contributed by atoms with Gasteiger partial charge >= 0.3 is 0 Å². The van der Waals surface area contributed by atoms with Gasteiger partial charge < -0.3 is 24.4 Å². The highest BCUT2D eigenvalue weighted by molar-refractivity contribution is 6.50. The molecule has 2 aromatic carbocycles.